The second kappa shape index (κ2) is 5.27. The Hall–Kier alpha value is -0.410. The van der Waals surface area contributed by atoms with Crippen LogP contribution in [0, 0.1) is 5.41 Å². The molecule has 3 heteroatoms. The molecule has 0 heterocycles. The van der Waals surface area contributed by atoms with Crippen molar-refractivity contribution in [3.63, 3.8) is 0 Å². The van der Waals surface area contributed by atoms with Gasteiger partial charge < -0.3 is 14.8 Å². The second-order valence-corrected chi connectivity index (χ2v) is 3.59. The number of aliphatic hydroxyl groups is 1. The smallest absolute Gasteiger partial charge is 0.127 e. The predicted molar refractivity (Wildman–Crippen MR) is 49.0 cm³/mol. The van der Waals surface area contributed by atoms with Crippen LogP contribution in [0.2, 0.25) is 0 Å². The molecular weight excluding hydrogens is 154 g/mol. The lowest BCUT2D eigenvalue weighted by Crippen LogP contribution is -2.35. The van der Waals surface area contributed by atoms with E-state index in [1.807, 2.05) is 25.8 Å². The first kappa shape index (κ1) is 11.6. The number of nitrogens with zero attached hydrogens (tertiary/aromatic N) is 1. The maximum Gasteiger partial charge on any atom is 0.127 e. The molecule has 72 valence electrons. The molecule has 1 atom stereocenters. The molecule has 0 amide bonds. The molecule has 0 rings (SSSR count). The molecule has 0 aromatic rings. The second-order valence-electron chi connectivity index (χ2n) is 3.59. The summed E-state index contributed by atoms with van der Waals surface area (Å²) in [5.41, 5.74) is -0.260. The Balaban J connectivity index is 3.92. The SMILES string of the molecule is CCC(C)(C=O)CN(C)CCO. The predicted octanol–water partition coefficient (Wildman–Crippen LogP) is 0.526. The van der Waals surface area contributed by atoms with Gasteiger partial charge in [-0.2, -0.15) is 0 Å². The van der Waals surface area contributed by atoms with Gasteiger partial charge in [0.15, 0.2) is 0 Å². The zero-order valence-electron chi connectivity index (χ0n) is 8.21. The lowest BCUT2D eigenvalue weighted by atomic mass is 9.89. The summed E-state index contributed by atoms with van der Waals surface area (Å²) >= 11 is 0. The first-order chi connectivity index (χ1) is 5.58. The maximum absolute atomic E-state index is 10.7. The summed E-state index contributed by atoms with van der Waals surface area (Å²) in [6.07, 6.45) is 1.84. The van der Waals surface area contributed by atoms with E-state index in [-0.39, 0.29) is 12.0 Å². The quantitative estimate of drug-likeness (QED) is 0.595. The fourth-order valence-corrected chi connectivity index (χ4v) is 1.10. The van der Waals surface area contributed by atoms with E-state index in [4.69, 9.17) is 5.11 Å². The first-order valence-electron chi connectivity index (χ1n) is 4.33. The fourth-order valence-electron chi connectivity index (χ4n) is 1.10. The number of aliphatic hydroxyl groups excluding tert-OH is 1. The molecule has 0 saturated heterocycles. The van der Waals surface area contributed by atoms with Gasteiger partial charge in [-0.05, 0) is 13.5 Å². The van der Waals surface area contributed by atoms with Crippen molar-refractivity contribution in [1.82, 2.24) is 4.90 Å². The lowest BCUT2D eigenvalue weighted by Gasteiger charge is -2.27. The number of rotatable bonds is 6. The Morgan fingerprint density at radius 3 is 2.50 bits per heavy atom. The van der Waals surface area contributed by atoms with Crippen molar-refractivity contribution in [3.05, 3.63) is 0 Å². The number of hydrogen-bond acceptors (Lipinski definition) is 3. The molecule has 0 bridgehead atoms. The molecule has 1 N–H and O–H groups in total. The van der Waals surface area contributed by atoms with Crippen LogP contribution in [-0.2, 0) is 4.79 Å². The summed E-state index contributed by atoms with van der Waals surface area (Å²) < 4.78 is 0. The molecule has 0 aromatic heterocycles. The Morgan fingerprint density at radius 2 is 2.17 bits per heavy atom. The fraction of sp³-hybridized carbons (Fsp3) is 0.889. The normalized spacial score (nSPS) is 16.1. The summed E-state index contributed by atoms with van der Waals surface area (Å²) in [6.45, 7) is 5.43. The van der Waals surface area contributed by atoms with Gasteiger partial charge in [0.1, 0.15) is 6.29 Å². The number of aldehydes is 1. The van der Waals surface area contributed by atoms with Crippen LogP contribution in [0.25, 0.3) is 0 Å². The molecule has 0 aliphatic carbocycles. The molecule has 0 aliphatic heterocycles. The molecule has 0 fully saturated rings. The van der Waals surface area contributed by atoms with Crippen molar-refractivity contribution < 1.29 is 9.90 Å². The average molecular weight is 173 g/mol. The Bertz CT molecular complexity index is 138. The highest BCUT2D eigenvalue weighted by atomic mass is 16.3. The van der Waals surface area contributed by atoms with Crippen LogP contribution < -0.4 is 0 Å². The first-order valence-corrected chi connectivity index (χ1v) is 4.33. The number of likely N-dealkylation sites (N-methyl/N-ethyl adjacent to an activating group) is 1. The van der Waals surface area contributed by atoms with Crippen LogP contribution in [-0.4, -0.2) is 43.0 Å². The van der Waals surface area contributed by atoms with E-state index in [0.29, 0.717) is 13.1 Å². The van der Waals surface area contributed by atoms with Gasteiger partial charge in [-0.1, -0.05) is 13.8 Å². The molecule has 0 aliphatic rings. The molecular formula is C9H19NO2. The third-order valence-corrected chi connectivity index (χ3v) is 2.21. The van der Waals surface area contributed by atoms with E-state index >= 15 is 0 Å². The molecule has 12 heavy (non-hydrogen) atoms. The number of carbonyl (C=O) groups is 1. The minimum Gasteiger partial charge on any atom is -0.395 e. The molecule has 3 nitrogen and oxygen atoms in total. The topological polar surface area (TPSA) is 40.5 Å². The van der Waals surface area contributed by atoms with Crippen molar-refractivity contribution in [3.8, 4) is 0 Å². The van der Waals surface area contributed by atoms with Crippen LogP contribution in [0.5, 0.6) is 0 Å². The minimum atomic E-state index is -0.260. The monoisotopic (exact) mass is 173 g/mol. The number of hydrogen-bond donors (Lipinski definition) is 1. The van der Waals surface area contributed by atoms with E-state index in [9.17, 15) is 4.79 Å². The van der Waals surface area contributed by atoms with Crippen molar-refractivity contribution in [2.24, 2.45) is 5.41 Å². The van der Waals surface area contributed by atoms with E-state index in [0.717, 1.165) is 12.7 Å². The third kappa shape index (κ3) is 3.83. The lowest BCUT2D eigenvalue weighted by molar-refractivity contribution is -0.116. The van der Waals surface area contributed by atoms with Crippen LogP contribution in [0.4, 0.5) is 0 Å². The van der Waals surface area contributed by atoms with Crippen molar-refractivity contribution in [2.75, 3.05) is 26.7 Å². The number of carbonyl (C=O) groups excluding carboxylic acids is 1. The third-order valence-electron chi connectivity index (χ3n) is 2.21. The molecule has 0 spiro atoms. The van der Waals surface area contributed by atoms with Gasteiger partial charge in [-0.3, -0.25) is 0 Å². The van der Waals surface area contributed by atoms with Crippen molar-refractivity contribution >= 4 is 6.29 Å². The summed E-state index contributed by atoms with van der Waals surface area (Å²) in [7, 11) is 1.91. The molecule has 0 aromatic carbocycles. The highest BCUT2D eigenvalue weighted by molar-refractivity contribution is 5.58. The standard InChI is InChI=1S/C9H19NO2/c1-4-9(2,8-12)7-10(3)5-6-11/h8,11H,4-7H2,1-3H3. The van der Waals surface area contributed by atoms with E-state index in [1.54, 1.807) is 0 Å². The van der Waals surface area contributed by atoms with Crippen LogP contribution in [0.1, 0.15) is 20.3 Å². The highest BCUT2D eigenvalue weighted by Gasteiger charge is 2.22. The van der Waals surface area contributed by atoms with Gasteiger partial charge in [-0.25, -0.2) is 0 Å². The van der Waals surface area contributed by atoms with Crippen molar-refractivity contribution in [1.29, 1.82) is 0 Å². The van der Waals surface area contributed by atoms with E-state index < -0.39 is 0 Å². The van der Waals surface area contributed by atoms with E-state index in [1.165, 1.54) is 0 Å². The Kier molecular flexibility index (Phi) is 5.09. The van der Waals surface area contributed by atoms with Gasteiger partial charge in [0.05, 0.1) is 6.61 Å². The van der Waals surface area contributed by atoms with Crippen LogP contribution in [0.3, 0.4) is 0 Å². The van der Waals surface area contributed by atoms with Crippen LogP contribution >= 0.6 is 0 Å². The van der Waals surface area contributed by atoms with E-state index in [2.05, 4.69) is 0 Å². The summed E-state index contributed by atoms with van der Waals surface area (Å²) in [6, 6.07) is 0. The maximum atomic E-state index is 10.7. The van der Waals surface area contributed by atoms with Gasteiger partial charge >= 0.3 is 0 Å². The Labute approximate surface area is 74.4 Å². The Morgan fingerprint density at radius 1 is 1.58 bits per heavy atom. The minimum absolute atomic E-state index is 0.148. The zero-order valence-corrected chi connectivity index (χ0v) is 8.21. The zero-order chi connectivity index (χ0) is 9.61. The largest absolute Gasteiger partial charge is 0.395 e. The van der Waals surface area contributed by atoms with Gasteiger partial charge in [0.2, 0.25) is 0 Å². The molecule has 0 saturated carbocycles. The van der Waals surface area contributed by atoms with Gasteiger partial charge in [0, 0.05) is 18.5 Å². The average Bonchev–Trinajstić information content (AvgIpc) is 2.05. The van der Waals surface area contributed by atoms with Gasteiger partial charge in [0.25, 0.3) is 0 Å². The summed E-state index contributed by atoms with van der Waals surface area (Å²) in [4.78, 5) is 12.7. The molecule has 0 radical (unpaired) electrons. The van der Waals surface area contributed by atoms with Gasteiger partial charge in [-0.15, -0.1) is 0 Å². The summed E-state index contributed by atoms with van der Waals surface area (Å²) in [5, 5.41) is 8.65. The van der Waals surface area contributed by atoms with Crippen LogP contribution in [0.15, 0.2) is 0 Å². The molecule has 1 unspecified atom stereocenters. The summed E-state index contributed by atoms with van der Waals surface area (Å²) in [5.74, 6) is 0. The van der Waals surface area contributed by atoms with Crippen molar-refractivity contribution in [2.45, 2.75) is 20.3 Å². The highest BCUT2D eigenvalue weighted by Crippen LogP contribution is 2.18.